The Morgan fingerprint density at radius 2 is 1.86 bits per heavy atom. The van der Waals surface area contributed by atoms with Crippen molar-refractivity contribution in [1.29, 1.82) is 0 Å². The highest BCUT2D eigenvalue weighted by Crippen LogP contribution is 2.21. The van der Waals surface area contributed by atoms with Crippen LogP contribution in [0.4, 0.5) is 0 Å². The zero-order chi connectivity index (χ0) is 19.6. The van der Waals surface area contributed by atoms with Gasteiger partial charge in [0.1, 0.15) is 5.75 Å². The number of rotatable bonds is 8. The number of para-hydroxylation sites is 1. The second-order valence-electron chi connectivity index (χ2n) is 5.62. The van der Waals surface area contributed by atoms with Gasteiger partial charge in [-0.1, -0.05) is 23.7 Å². The first kappa shape index (κ1) is 19.9. The van der Waals surface area contributed by atoms with Crippen LogP contribution in [0.3, 0.4) is 0 Å². The summed E-state index contributed by atoms with van der Waals surface area (Å²) in [5, 5.41) is 4.75. The van der Waals surface area contributed by atoms with Gasteiger partial charge in [-0.05, 0) is 48.5 Å². The molecule has 1 aromatic heterocycles. The fraction of sp³-hybridized carbons (Fsp3) is 0.0952. The number of thioether (sulfide) groups is 1. The molecule has 0 unspecified atom stereocenters. The van der Waals surface area contributed by atoms with Crippen LogP contribution < -0.4 is 10.2 Å². The van der Waals surface area contributed by atoms with Crippen molar-refractivity contribution in [1.82, 2.24) is 10.4 Å². The largest absolute Gasteiger partial charge is 0.492 e. The molecule has 0 radical (unpaired) electrons. The van der Waals surface area contributed by atoms with Crippen molar-refractivity contribution in [3.8, 4) is 5.75 Å². The van der Waals surface area contributed by atoms with E-state index in [9.17, 15) is 4.79 Å². The summed E-state index contributed by atoms with van der Waals surface area (Å²) in [5.41, 5.74) is 3.78. The third-order valence-corrected chi connectivity index (χ3v) is 4.88. The molecule has 28 heavy (non-hydrogen) atoms. The molecule has 1 amide bonds. The average molecular weight is 412 g/mol. The van der Waals surface area contributed by atoms with Gasteiger partial charge < -0.3 is 4.74 Å². The number of amides is 1. The Balaban J connectivity index is 1.51. The maximum absolute atomic E-state index is 12.0. The number of benzene rings is 2. The fourth-order valence-electron chi connectivity index (χ4n) is 2.29. The highest BCUT2D eigenvalue weighted by molar-refractivity contribution is 7.99. The summed E-state index contributed by atoms with van der Waals surface area (Å²) in [6, 6.07) is 18.5. The van der Waals surface area contributed by atoms with Crippen molar-refractivity contribution in [2.45, 2.75) is 4.90 Å². The van der Waals surface area contributed by atoms with E-state index >= 15 is 0 Å². The van der Waals surface area contributed by atoms with E-state index < -0.39 is 0 Å². The van der Waals surface area contributed by atoms with Gasteiger partial charge in [0.2, 0.25) is 0 Å². The zero-order valence-corrected chi connectivity index (χ0v) is 16.5. The number of pyridine rings is 1. The van der Waals surface area contributed by atoms with Gasteiger partial charge >= 0.3 is 0 Å². The summed E-state index contributed by atoms with van der Waals surface area (Å²) in [6.07, 6.45) is 4.69. The molecular weight excluding hydrogens is 394 g/mol. The molecule has 3 rings (SSSR count). The van der Waals surface area contributed by atoms with E-state index in [1.807, 2.05) is 48.5 Å². The zero-order valence-electron chi connectivity index (χ0n) is 14.9. The third-order valence-electron chi connectivity index (χ3n) is 3.65. The normalized spacial score (nSPS) is 10.8. The van der Waals surface area contributed by atoms with Crippen molar-refractivity contribution in [3.63, 3.8) is 0 Å². The lowest BCUT2D eigenvalue weighted by atomic mass is 10.2. The Kier molecular flexibility index (Phi) is 7.46. The number of carbonyl (C=O) groups excluding carboxylic acids is 1. The van der Waals surface area contributed by atoms with Crippen LogP contribution in [0.25, 0.3) is 0 Å². The van der Waals surface area contributed by atoms with Gasteiger partial charge in [-0.15, -0.1) is 11.8 Å². The van der Waals surface area contributed by atoms with Gasteiger partial charge in [-0.3, -0.25) is 9.78 Å². The van der Waals surface area contributed by atoms with Gasteiger partial charge in [-0.2, -0.15) is 5.10 Å². The van der Waals surface area contributed by atoms with Crippen LogP contribution in [0.1, 0.15) is 15.9 Å². The maximum Gasteiger partial charge on any atom is 0.271 e. The molecule has 5 nitrogen and oxygen atoms in total. The van der Waals surface area contributed by atoms with Crippen LogP contribution in [0.5, 0.6) is 5.75 Å². The molecule has 0 aliphatic rings. The monoisotopic (exact) mass is 411 g/mol. The van der Waals surface area contributed by atoms with Gasteiger partial charge in [0, 0.05) is 39.2 Å². The molecule has 0 atom stereocenters. The summed E-state index contributed by atoms with van der Waals surface area (Å²) >= 11 is 7.59. The molecule has 7 heteroatoms. The highest BCUT2D eigenvalue weighted by Gasteiger charge is 2.04. The lowest BCUT2D eigenvalue weighted by molar-refractivity contribution is 0.0955. The van der Waals surface area contributed by atoms with E-state index in [1.165, 1.54) is 0 Å². The first-order valence-corrected chi connectivity index (χ1v) is 9.92. The first-order chi connectivity index (χ1) is 13.7. The maximum atomic E-state index is 12.0. The van der Waals surface area contributed by atoms with Gasteiger partial charge in [0.05, 0.1) is 12.8 Å². The van der Waals surface area contributed by atoms with Crippen LogP contribution in [0.2, 0.25) is 5.02 Å². The van der Waals surface area contributed by atoms with Crippen molar-refractivity contribution in [2.75, 3.05) is 12.4 Å². The number of aromatic nitrogens is 1. The number of carbonyl (C=O) groups is 1. The van der Waals surface area contributed by atoms with E-state index in [1.54, 1.807) is 42.5 Å². The number of ether oxygens (including phenoxy) is 1. The summed E-state index contributed by atoms with van der Waals surface area (Å²) in [4.78, 5) is 17.0. The summed E-state index contributed by atoms with van der Waals surface area (Å²) in [7, 11) is 0. The van der Waals surface area contributed by atoms with Crippen molar-refractivity contribution >= 4 is 35.5 Å². The van der Waals surface area contributed by atoms with Crippen molar-refractivity contribution in [3.05, 3.63) is 89.2 Å². The predicted octanol–water partition coefficient (Wildman–Crippen LogP) is 4.67. The Hall–Kier alpha value is -2.83. The number of nitrogens with one attached hydrogen (secondary N) is 1. The molecule has 0 aliphatic carbocycles. The Bertz CT molecular complexity index is 934. The van der Waals surface area contributed by atoms with Crippen LogP contribution in [-0.4, -0.2) is 29.5 Å². The number of hydrazone groups is 1. The molecule has 1 heterocycles. The number of nitrogens with zero attached hydrogens (tertiary/aromatic N) is 2. The molecule has 3 aromatic rings. The lowest BCUT2D eigenvalue weighted by Crippen LogP contribution is -2.17. The number of hydrogen-bond donors (Lipinski definition) is 1. The van der Waals surface area contributed by atoms with Crippen LogP contribution >= 0.6 is 23.4 Å². The molecule has 0 saturated carbocycles. The molecule has 0 fully saturated rings. The molecule has 1 N–H and O–H groups in total. The molecule has 0 spiro atoms. The van der Waals surface area contributed by atoms with Crippen LogP contribution in [0, 0.1) is 0 Å². The fourth-order valence-corrected chi connectivity index (χ4v) is 3.15. The standard InChI is InChI=1S/C21H18ClN3O2S/c22-18-5-7-19(8-6-18)28-14-13-27-20-4-2-1-3-17(20)15-24-25-21(26)16-9-11-23-12-10-16/h1-12,15H,13-14H2,(H,25,26)/b24-15+. The molecular formula is C21H18ClN3O2S. The molecule has 142 valence electrons. The van der Waals surface area contributed by atoms with E-state index in [2.05, 4.69) is 15.5 Å². The first-order valence-electron chi connectivity index (χ1n) is 8.56. The Morgan fingerprint density at radius 1 is 1.11 bits per heavy atom. The quantitative estimate of drug-likeness (QED) is 0.253. The third kappa shape index (κ3) is 6.11. The summed E-state index contributed by atoms with van der Waals surface area (Å²) < 4.78 is 5.87. The van der Waals surface area contributed by atoms with Gasteiger partial charge in [0.25, 0.3) is 5.91 Å². The summed E-state index contributed by atoms with van der Waals surface area (Å²) in [5.74, 6) is 1.21. The van der Waals surface area contributed by atoms with Gasteiger partial charge in [-0.25, -0.2) is 5.43 Å². The second kappa shape index (κ2) is 10.5. The average Bonchev–Trinajstić information content (AvgIpc) is 2.74. The Morgan fingerprint density at radius 3 is 2.64 bits per heavy atom. The van der Waals surface area contributed by atoms with Gasteiger partial charge in [0.15, 0.2) is 0 Å². The molecule has 0 saturated heterocycles. The topological polar surface area (TPSA) is 63.6 Å². The van der Waals surface area contributed by atoms with E-state index in [4.69, 9.17) is 16.3 Å². The van der Waals surface area contributed by atoms with E-state index in [0.29, 0.717) is 17.9 Å². The van der Waals surface area contributed by atoms with E-state index in [0.717, 1.165) is 21.2 Å². The second-order valence-corrected chi connectivity index (χ2v) is 7.23. The minimum Gasteiger partial charge on any atom is -0.492 e. The van der Waals surface area contributed by atoms with Crippen molar-refractivity contribution in [2.24, 2.45) is 5.10 Å². The molecule has 2 aromatic carbocycles. The highest BCUT2D eigenvalue weighted by atomic mass is 35.5. The smallest absolute Gasteiger partial charge is 0.271 e. The predicted molar refractivity (Wildman–Crippen MR) is 113 cm³/mol. The molecule has 0 bridgehead atoms. The molecule has 0 aliphatic heterocycles. The van der Waals surface area contributed by atoms with Crippen LogP contribution in [0.15, 0.2) is 83.1 Å². The van der Waals surface area contributed by atoms with E-state index in [-0.39, 0.29) is 5.91 Å². The van der Waals surface area contributed by atoms with Crippen LogP contribution in [-0.2, 0) is 0 Å². The Labute approximate surface area is 172 Å². The lowest BCUT2D eigenvalue weighted by Gasteiger charge is -2.09. The number of halogens is 1. The summed E-state index contributed by atoms with van der Waals surface area (Å²) in [6.45, 7) is 0.543. The minimum atomic E-state index is -0.295. The minimum absolute atomic E-state index is 0.295. The number of hydrogen-bond acceptors (Lipinski definition) is 5. The van der Waals surface area contributed by atoms with Crippen molar-refractivity contribution < 1.29 is 9.53 Å². The SMILES string of the molecule is O=C(N/N=C/c1ccccc1OCCSc1ccc(Cl)cc1)c1ccncc1.